The van der Waals surface area contributed by atoms with E-state index in [1.807, 2.05) is 0 Å². The van der Waals surface area contributed by atoms with E-state index in [9.17, 15) is 0 Å². The van der Waals surface area contributed by atoms with Gasteiger partial charge >= 0.3 is 0 Å². The summed E-state index contributed by atoms with van der Waals surface area (Å²) in [5, 5.41) is 3.23. The molecule has 0 bridgehead atoms. The number of hydrogen-bond acceptors (Lipinski definition) is 3. The maximum Gasteiger partial charge on any atom is 0.113 e. The predicted octanol–water partition coefficient (Wildman–Crippen LogP) is 3.68. The molecule has 0 saturated heterocycles. The molecule has 3 rings (SSSR count). The SMILES string of the molecule is Cc1ccc(-c2csc(C3(N)CC3)n2)c(C)c1C. The van der Waals surface area contributed by atoms with Gasteiger partial charge in [-0.1, -0.05) is 12.1 Å². The smallest absolute Gasteiger partial charge is 0.113 e. The first kappa shape index (κ1) is 11.9. The molecule has 2 nitrogen and oxygen atoms in total. The van der Waals surface area contributed by atoms with Crippen molar-refractivity contribution in [1.29, 1.82) is 0 Å². The Morgan fingerprint density at radius 3 is 2.56 bits per heavy atom. The van der Waals surface area contributed by atoms with Gasteiger partial charge in [0.2, 0.25) is 0 Å². The molecule has 1 aliphatic rings. The van der Waals surface area contributed by atoms with Crippen LogP contribution in [0.3, 0.4) is 0 Å². The molecule has 0 unspecified atom stereocenters. The minimum atomic E-state index is -0.115. The molecule has 1 aliphatic carbocycles. The van der Waals surface area contributed by atoms with Crippen LogP contribution >= 0.6 is 11.3 Å². The third-order valence-electron chi connectivity index (χ3n) is 4.05. The van der Waals surface area contributed by atoms with Gasteiger partial charge in [0.05, 0.1) is 11.2 Å². The summed E-state index contributed by atoms with van der Waals surface area (Å²) >= 11 is 1.70. The van der Waals surface area contributed by atoms with E-state index in [-0.39, 0.29) is 5.54 Å². The first-order valence-corrected chi connectivity index (χ1v) is 7.21. The van der Waals surface area contributed by atoms with Crippen LogP contribution in [0.2, 0.25) is 0 Å². The highest BCUT2D eigenvalue weighted by molar-refractivity contribution is 7.10. The van der Waals surface area contributed by atoms with Crippen LogP contribution in [0.25, 0.3) is 11.3 Å². The van der Waals surface area contributed by atoms with Crippen molar-refractivity contribution in [2.45, 2.75) is 39.2 Å². The molecule has 1 aromatic carbocycles. The molecule has 2 aromatic rings. The van der Waals surface area contributed by atoms with Gasteiger partial charge in [0.15, 0.2) is 0 Å². The average molecular weight is 258 g/mol. The molecule has 0 spiro atoms. The number of rotatable bonds is 2. The number of aryl methyl sites for hydroxylation is 1. The Hall–Kier alpha value is -1.19. The van der Waals surface area contributed by atoms with E-state index >= 15 is 0 Å². The van der Waals surface area contributed by atoms with E-state index in [1.54, 1.807) is 11.3 Å². The molecule has 3 heteroatoms. The Labute approximate surface area is 112 Å². The van der Waals surface area contributed by atoms with E-state index in [2.05, 4.69) is 38.3 Å². The van der Waals surface area contributed by atoms with Crippen LogP contribution in [0.4, 0.5) is 0 Å². The zero-order chi connectivity index (χ0) is 12.9. The van der Waals surface area contributed by atoms with Crippen LogP contribution in [0.15, 0.2) is 17.5 Å². The minimum Gasteiger partial charge on any atom is -0.319 e. The lowest BCUT2D eigenvalue weighted by molar-refractivity contribution is 0.732. The number of nitrogens with zero attached hydrogens (tertiary/aromatic N) is 1. The van der Waals surface area contributed by atoms with Gasteiger partial charge in [-0.25, -0.2) is 4.98 Å². The van der Waals surface area contributed by atoms with Crippen LogP contribution in [0, 0.1) is 20.8 Å². The highest BCUT2D eigenvalue weighted by Crippen LogP contribution is 2.45. The van der Waals surface area contributed by atoms with Crippen LogP contribution in [-0.4, -0.2) is 4.98 Å². The summed E-state index contributed by atoms with van der Waals surface area (Å²) in [7, 11) is 0. The first-order valence-electron chi connectivity index (χ1n) is 6.33. The van der Waals surface area contributed by atoms with Crippen molar-refractivity contribution in [2.75, 3.05) is 0 Å². The Morgan fingerprint density at radius 2 is 1.89 bits per heavy atom. The third kappa shape index (κ3) is 1.78. The molecule has 18 heavy (non-hydrogen) atoms. The summed E-state index contributed by atoms with van der Waals surface area (Å²) in [4.78, 5) is 4.74. The van der Waals surface area contributed by atoms with Crippen LogP contribution in [-0.2, 0) is 5.54 Å². The molecule has 0 atom stereocenters. The summed E-state index contributed by atoms with van der Waals surface area (Å²) in [6, 6.07) is 4.35. The zero-order valence-corrected chi connectivity index (χ0v) is 11.9. The number of benzene rings is 1. The van der Waals surface area contributed by atoms with E-state index in [1.165, 1.54) is 22.3 Å². The average Bonchev–Trinajstić information content (AvgIpc) is 2.92. The number of aromatic nitrogens is 1. The van der Waals surface area contributed by atoms with E-state index in [4.69, 9.17) is 10.7 Å². The first-order chi connectivity index (χ1) is 8.51. The van der Waals surface area contributed by atoms with Gasteiger partial charge in [-0.15, -0.1) is 11.3 Å². The lowest BCUT2D eigenvalue weighted by Gasteiger charge is -2.09. The normalized spacial score (nSPS) is 16.9. The molecule has 2 N–H and O–H groups in total. The van der Waals surface area contributed by atoms with Crippen LogP contribution in [0.5, 0.6) is 0 Å². The van der Waals surface area contributed by atoms with Gasteiger partial charge in [-0.05, 0) is 50.3 Å². The fourth-order valence-corrected chi connectivity index (χ4v) is 3.20. The summed E-state index contributed by atoms with van der Waals surface area (Å²) in [5.41, 5.74) is 12.4. The summed E-state index contributed by atoms with van der Waals surface area (Å²) < 4.78 is 0. The van der Waals surface area contributed by atoms with E-state index in [0.717, 1.165) is 23.5 Å². The largest absolute Gasteiger partial charge is 0.319 e. The van der Waals surface area contributed by atoms with Gasteiger partial charge in [0.1, 0.15) is 5.01 Å². The zero-order valence-electron chi connectivity index (χ0n) is 11.1. The van der Waals surface area contributed by atoms with Gasteiger partial charge in [-0.2, -0.15) is 0 Å². The highest BCUT2D eigenvalue weighted by atomic mass is 32.1. The minimum absolute atomic E-state index is 0.115. The number of hydrogen-bond donors (Lipinski definition) is 1. The molecule has 1 saturated carbocycles. The Kier molecular flexibility index (Phi) is 2.57. The van der Waals surface area contributed by atoms with Crippen molar-refractivity contribution >= 4 is 11.3 Å². The molecule has 1 heterocycles. The Morgan fingerprint density at radius 1 is 1.17 bits per heavy atom. The van der Waals surface area contributed by atoms with Crippen LogP contribution in [0.1, 0.15) is 34.5 Å². The van der Waals surface area contributed by atoms with Crippen molar-refractivity contribution in [3.63, 3.8) is 0 Å². The quantitative estimate of drug-likeness (QED) is 0.892. The number of nitrogens with two attached hydrogens (primary N) is 1. The topological polar surface area (TPSA) is 38.9 Å². The van der Waals surface area contributed by atoms with Crippen molar-refractivity contribution in [1.82, 2.24) is 4.98 Å². The molecular weight excluding hydrogens is 240 g/mol. The molecular formula is C15H18N2S. The second-order valence-electron chi connectivity index (χ2n) is 5.37. The Balaban J connectivity index is 2.05. The summed E-state index contributed by atoms with van der Waals surface area (Å²) in [6.45, 7) is 6.50. The summed E-state index contributed by atoms with van der Waals surface area (Å²) in [5.74, 6) is 0. The van der Waals surface area contributed by atoms with Gasteiger partial charge < -0.3 is 5.73 Å². The maximum atomic E-state index is 6.20. The molecule has 1 aromatic heterocycles. The van der Waals surface area contributed by atoms with Crippen molar-refractivity contribution in [3.8, 4) is 11.3 Å². The molecule has 0 aliphatic heterocycles. The van der Waals surface area contributed by atoms with Crippen molar-refractivity contribution < 1.29 is 0 Å². The summed E-state index contributed by atoms with van der Waals surface area (Å²) in [6.07, 6.45) is 2.15. The van der Waals surface area contributed by atoms with E-state index in [0.29, 0.717) is 0 Å². The third-order valence-corrected chi connectivity index (χ3v) is 5.11. The molecule has 94 valence electrons. The highest BCUT2D eigenvalue weighted by Gasteiger charge is 2.42. The van der Waals surface area contributed by atoms with E-state index < -0.39 is 0 Å². The lowest BCUT2D eigenvalue weighted by atomic mass is 9.97. The van der Waals surface area contributed by atoms with Crippen LogP contribution < -0.4 is 5.73 Å². The maximum absolute atomic E-state index is 6.20. The number of thiazole rings is 1. The molecule has 0 amide bonds. The fourth-order valence-electron chi connectivity index (χ4n) is 2.21. The van der Waals surface area contributed by atoms with Gasteiger partial charge in [0, 0.05) is 10.9 Å². The van der Waals surface area contributed by atoms with Gasteiger partial charge in [-0.3, -0.25) is 0 Å². The molecule has 1 fully saturated rings. The Bertz CT molecular complexity index is 609. The fraction of sp³-hybridized carbons (Fsp3) is 0.400. The predicted molar refractivity (Wildman–Crippen MR) is 76.9 cm³/mol. The van der Waals surface area contributed by atoms with Crippen molar-refractivity contribution in [2.24, 2.45) is 5.73 Å². The molecule has 0 radical (unpaired) electrons. The monoisotopic (exact) mass is 258 g/mol. The second-order valence-corrected chi connectivity index (χ2v) is 6.23. The van der Waals surface area contributed by atoms with Crippen molar-refractivity contribution in [3.05, 3.63) is 39.2 Å². The second kappa shape index (κ2) is 3.90. The lowest BCUT2D eigenvalue weighted by Crippen LogP contribution is -2.18. The standard InChI is InChI=1S/C15H18N2S/c1-9-4-5-12(11(3)10(9)2)13-8-18-14(17-13)15(16)6-7-15/h4-5,8H,6-7,16H2,1-3H3. The van der Waals surface area contributed by atoms with Gasteiger partial charge in [0.25, 0.3) is 0 Å².